The van der Waals surface area contributed by atoms with Crippen LogP contribution in [0.4, 0.5) is 0 Å². The zero-order valence-electron chi connectivity index (χ0n) is 16.6. The van der Waals surface area contributed by atoms with Gasteiger partial charge in [0.1, 0.15) is 5.82 Å². The molecule has 2 aromatic heterocycles. The molecule has 0 amide bonds. The van der Waals surface area contributed by atoms with Crippen molar-refractivity contribution in [2.45, 2.75) is 69.6 Å². The molecule has 0 spiro atoms. The minimum atomic E-state index is 0.155. The van der Waals surface area contributed by atoms with Crippen LogP contribution >= 0.6 is 11.8 Å². The smallest absolute Gasteiger partial charge is 0.191 e. The highest BCUT2D eigenvalue weighted by Gasteiger charge is 2.36. The maximum Gasteiger partial charge on any atom is 0.191 e. The quantitative estimate of drug-likeness (QED) is 0.478. The Morgan fingerprint density at radius 3 is 2.67 bits per heavy atom. The first-order valence-corrected chi connectivity index (χ1v) is 10.8. The van der Waals surface area contributed by atoms with Crippen molar-refractivity contribution in [3.63, 3.8) is 0 Å². The number of rotatable bonds is 9. The standard InChI is InChI=1S/C20H28N4O2S/c1-12-9-17(14(3)23(12)13(2)10-26-4)18(25)11-27-20-22-21-19(15-5-6-15)24(20)16-7-8-16/h9,13,15-16H,5-8,10-11H2,1-4H3. The molecule has 2 saturated carbocycles. The molecule has 2 fully saturated rings. The molecule has 2 aliphatic carbocycles. The van der Waals surface area contributed by atoms with Crippen molar-refractivity contribution in [1.29, 1.82) is 0 Å². The van der Waals surface area contributed by atoms with Crippen LogP contribution in [0, 0.1) is 13.8 Å². The minimum Gasteiger partial charge on any atom is -0.383 e. The van der Waals surface area contributed by atoms with Crippen LogP contribution in [-0.4, -0.2) is 44.6 Å². The number of aryl methyl sites for hydroxylation is 1. The Kier molecular flexibility index (Phi) is 5.16. The number of carbonyl (C=O) groups excluding carboxylic acids is 1. The lowest BCUT2D eigenvalue weighted by Gasteiger charge is -2.17. The molecular formula is C20H28N4O2S. The lowest BCUT2D eigenvalue weighted by molar-refractivity contribution is 0.102. The van der Waals surface area contributed by atoms with Crippen LogP contribution in [0.5, 0.6) is 0 Å². The third kappa shape index (κ3) is 3.72. The van der Waals surface area contributed by atoms with Gasteiger partial charge in [0.15, 0.2) is 10.9 Å². The molecule has 0 aliphatic heterocycles. The van der Waals surface area contributed by atoms with E-state index in [0.717, 1.165) is 27.9 Å². The minimum absolute atomic E-state index is 0.155. The van der Waals surface area contributed by atoms with Crippen LogP contribution in [-0.2, 0) is 4.74 Å². The fourth-order valence-electron chi connectivity index (χ4n) is 3.94. The fourth-order valence-corrected chi connectivity index (χ4v) is 4.84. The van der Waals surface area contributed by atoms with E-state index in [9.17, 15) is 4.79 Å². The molecule has 2 aromatic rings. The molecule has 1 atom stereocenters. The number of Topliss-reactive ketones (excluding diaryl/α,β-unsaturated/α-hetero) is 1. The number of carbonyl (C=O) groups is 1. The fraction of sp³-hybridized carbons (Fsp3) is 0.650. The lowest BCUT2D eigenvalue weighted by atomic mass is 10.2. The average Bonchev–Trinajstić information content (AvgIpc) is 3.56. The van der Waals surface area contributed by atoms with E-state index >= 15 is 0 Å². The van der Waals surface area contributed by atoms with Crippen molar-refractivity contribution >= 4 is 17.5 Å². The van der Waals surface area contributed by atoms with Crippen molar-refractivity contribution in [2.75, 3.05) is 19.5 Å². The van der Waals surface area contributed by atoms with Gasteiger partial charge in [-0.05, 0) is 52.5 Å². The summed E-state index contributed by atoms with van der Waals surface area (Å²) < 4.78 is 9.78. The van der Waals surface area contributed by atoms with Crippen molar-refractivity contribution < 1.29 is 9.53 Å². The first-order chi connectivity index (χ1) is 13.0. The number of aromatic nitrogens is 4. The molecule has 0 radical (unpaired) electrons. The van der Waals surface area contributed by atoms with E-state index in [-0.39, 0.29) is 11.8 Å². The highest BCUT2D eigenvalue weighted by molar-refractivity contribution is 7.99. The topological polar surface area (TPSA) is 61.9 Å². The Bertz CT molecular complexity index is 849. The highest BCUT2D eigenvalue weighted by Crippen LogP contribution is 2.46. The Morgan fingerprint density at radius 2 is 2.04 bits per heavy atom. The number of methoxy groups -OCH3 is 1. The van der Waals surface area contributed by atoms with Gasteiger partial charge in [0.25, 0.3) is 0 Å². The van der Waals surface area contributed by atoms with Crippen LogP contribution in [0.25, 0.3) is 0 Å². The summed E-state index contributed by atoms with van der Waals surface area (Å²) >= 11 is 1.53. The van der Waals surface area contributed by atoms with Crippen LogP contribution in [0.3, 0.4) is 0 Å². The second kappa shape index (κ2) is 7.43. The largest absolute Gasteiger partial charge is 0.383 e. The summed E-state index contributed by atoms with van der Waals surface area (Å²) in [7, 11) is 1.71. The maximum atomic E-state index is 12.9. The van der Waals surface area contributed by atoms with Gasteiger partial charge < -0.3 is 13.9 Å². The van der Waals surface area contributed by atoms with Crippen molar-refractivity contribution in [1.82, 2.24) is 19.3 Å². The molecule has 1 unspecified atom stereocenters. The molecule has 0 saturated heterocycles. The van der Waals surface area contributed by atoms with Crippen molar-refractivity contribution in [2.24, 2.45) is 0 Å². The van der Waals surface area contributed by atoms with Gasteiger partial charge in [0.05, 0.1) is 18.4 Å². The molecule has 4 rings (SSSR count). The summed E-state index contributed by atoms with van der Waals surface area (Å²) in [4.78, 5) is 12.9. The van der Waals surface area contributed by atoms with Crippen LogP contribution in [0.15, 0.2) is 11.2 Å². The van der Waals surface area contributed by atoms with Gasteiger partial charge in [-0.3, -0.25) is 4.79 Å². The molecule has 6 nitrogen and oxygen atoms in total. The van der Waals surface area contributed by atoms with Gasteiger partial charge >= 0.3 is 0 Å². The van der Waals surface area contributed by atoms with Gasteiger partial charge in [-0.2, -0.15) is 0 Å². The third-order valence-electron chi connectivity index (χ3n) is 5.51. The predicted octanol–water partition coefficient (Wildman–Crippen LogP) is 4.09. The molecule has 0 aromatic carbocycles. The van der Waals surface area contributed by atoms with Gasteiger partial charge in [0.2, 0.25) is 0 Å². The maximum absolute atomic E-state index is 12.9. The zero-order chi connectivity index (χ0) is 19.1. The van der Waals surface area contributed by atoms with E-state index < -0.39 is 0 Å². The summed E-state index contributed by atoms with van der Waals surface area (Å²) in [5, 5.41) is 9.75. The summed E-state index contributed by atoms with van der Waals surface area (Å²) in [6, 6.07) is 2.77. The van der Waals surface area contributed by atoms with Gasteiger partial charge in [-0.25, -0.2) is 0 Å². The Labute approximate surface area is 164 Å². The molecule has 146 valence electrons. The summed E-state index contributed by atoms with van der Waals surface area (Å²) in [6.45, 7) is 6.82. The number of ketones is 1. The average molecular weight is 389 g/mol. The van der Waals surface area contributed by atoms with E-state index in [0.29, 0.717) is 24.3 Å². The predicted molar refractivity (Wildman–Crippen MR) is 106 cm³/mol. The molecule has 2 heterocycles. The molecule has 2 aliphatic rings. The molecule has 0 bridgehead atoms. The van der Waals surface area contributed by atoms with Crippen LogP contribution < -0.4 is 0 Å². The van der Waals surface area contributed by atoms with E-state index in [4.69, 9.17) is 4.74 Å². The van der Waals surface area contributed by atoms with Crippen LogP contribution in [0.1, 0.15) is 78.2 Å². The third-order valence-corrected chi connectivity index (χ3v) is 6.45. The zero-order valence-corrected chi connectivity index (χ0v) is 17.4. The second-order valence-corrected chi connectivity index (χ2v) is 8.83. The van der Waals surface area contributed by atoms with Gasteiger partial charge in [-0.15, -0.1) is 10.2 Å². The highest BCUT2D eigenvalue weighted by atomic mass is 32.2. The summed E-state index contributed by atoms with van der Waals surface area (Å²) in [6.07, 6.45) is 4.86. The number of thioether (sulfide) groups is 1. The number of hydrogen-bond acceptors (Lipinski definition) is 5. The summed E-state index contributed by atoms with van der Waals surface area (Å²) in [5.41, 5.74) is 2.93. The Hall–Kier alpha value is -1.60. The van der Waals surface area contributed by atoms with Crippen molar-refractivity contribution in [3.05, 3.63) is 28.8 Å². The molecule has 0 N–H and O–H groups in total. The Balaban J connectivity index is 1.48. The van der Waals surface area contributed by atoms with E-state index in [1.54, 1.807) is 7.11 Å². The second-order valence-electron chi connectivity index (χ2n) is 7.89. The van der Waals surface area contributed by atoms with Gasteiger partial charge in [-0.1, -0.05) is 11.8 Å². The molecular weight excluding hydrogens is 360 g/mol. The van der Waals surface area contributed by atoms with Crippen LogP contribution in [0.2, 0.25) is 0 Å². The SMILES string of the molecule is COCC(C)n1c(C)cc(C(=O)CSc2nnc(C3CC3)n2C2CC2)c1C. The first-order valence-electron chi connectivity index (χ1n) is 9.79. The number of nitrogens with zero attached hydrogens (tertiary/aromatic N) is 4. The van der Waals surface area contributed by atoms with E-state index in [1.807, 2.05) is 13.0 Å². The van der Waals surface area contributed by atoms with Crippen molar-refractivity contribution in [3.8, 4) is 0 Å². The molecule has 27 heavy (non-hydrogen) atoms. The lowest BCUT2D eigenvalue weighted by Crippen LogP contribution is -2.15. The first kappa shape index (κ1) is 18.7. The van der Waals surface area contributed by atoms with Gasteiger partial charge in [0, 0.05) is 36.0 Å². The van der Waals surface area contributed by atoms with E-state index in [2.05, 4.69) is 33.2 Å². The molecule has 7 heteroatoms. The number of hydrogen-bond donors (Lipinski definition) is 0. The monoisotopic (exact) mass is 388 g/mol. The number of ether oxygens (including phenoxy) is 1. The normalized spacial score (nSPS) is 18.1. The Morgan fingerprint density at radius 1 is 1.30 bits per heavy atom. The summed E-state index contributed by atoms with van der Waals surface area (Å²) in [5.74, 6) is 2.28. The van der Waals surface area contributed by atoms with E-state index in [1.165, 1.54) is 37.4 Å².